The molecule has 0 heterocycles. The van der Waals surface area contributed by atoms with Crippen molar-refractivity contribution >= 4 is 5.69 Å². The van der Waals surface area contributed by atoms with Crippen molar-refractivity contribution in [2.75, 3.05) is 32.8 Å². The Balaban J connectivity index is 2.02. The number of hydrogen-bond acceptors (Lipinski definition) is 5. The zero-order chi connectivity index (χ0) is 15.1. The molecular formula is C16H25NO4. The van der Waals surface area contributed by atoms with E-state index >= 15 is 0 Å². The van der Waals surface area contributed by atoms with Crippen molar-refractivity contribution in [2.45, 2.75) is 37.8 Å². The van der Waals surface area contributed by atoms with Crippen molar-refractivity contribution in [3.05, 3.63) is 18.2 Å². The van der Waals surface area contributed by atoms with Crippen LogP contribution in [0, 0.1) is 0 Å². The molecule has 5 heteroatoms. The first-order valence-corrected chi connectivity index (χ1v) is 7.48. The highest BCUT2D eigenvalue weighted by Gasteiger charge is 2.21. The van der Waals surface area contributed by atoms with Crippen LogP contribution in [0.2, 0.25) is 0 Å². The van der Waals surface area contributed by atoms with Gasteiger partial charge in [0.15, 0.2) is 11.5 Å². The SMILES string of the molecule is COc1ccc(NC2CCCC(OC)C2)cc1OCCO. The molecule has 2 unspecified atom stereocenters. The second-order valence-electron chi connectivity index (χ2n) is 5.30. The second kappa shape index (κ2) is 8.10. The number of anilines is 1. The van der Waals surface area contributed by atoms with E-state index in [9.17, 15) is 0 Å². The minimum atomic E-state index is -0.0149. The first kappa shape index (κ1) is 15.9. The summed E-state index contributed by atoms with van der Waals surface area (Å²) in [5.41, 5.74) is 1.01. The van der Waals surface area contributed by atoms with Gasteiger partial charge in [-0.15, -0.1) is 0 Å². The maximum absolute atomic E-state index is 8.88. The lowest BCUT2D eigenvalue weighted by Crippen LogP contribution is -2.30. The van der Waals surface area contributed by atoms with Gasteiger partial charge in [0.25, 0.3) is 0 Å². The summed E-state index contributed by atoms with van der Waals surface area (Å²) in [5.74, 6) is 1.32. The number of nitrogens with one attached hydrogen (secondary N) is 1. The Morgan fingerprint density at radius 1 is 1.24 bits per heavy atom. The molecule has 1 saturated carbocycles. The summed E-state index contributed by atoms with van der Waals surface area (Å²) >= 11 is 0. The summed E-state index contributed by atoms with van der Waals surface area (Å²) in [4.78, 5) is 0. The molecule has 2 rings (SSSR count). The zero-order valence-electron chi connectivity index (χ0n) is 12.8. The van der Waals surface area contributed by atoms with E-state index in [0.29, 0.717) is 23.6 Å². The number of aliphatic hydroxyl groups excluding tert-OH is 1. The predicted octanol–water partition coefficient (Wildman–Crippen LogP) is 2.44. The van der Waals surface area contributed by atoms with Crippen molar-refractivity contribution in [3.8, 4) is 11.5 Å². The molecule has 1 fully saturated rings. The molecule has 118 valence electrons. The minimum Gasteiger partial charge on any atom is -0.493 e. The number of rotatable bonds is 7. The van der Waals surface area contributed by atoms with Crippen molar-refractivity contribution < 1.29 is 19.3 Å². The average molecular weight is 295 g/mol. The molecule has 0 saturated heterocycles. The largest absolute Gasteiger partial charge is 0.493 e. The topological polar surface area (TPSA) is 60.0 Å². The summed E-state index contributed by atoms with van der Waals surface area (Å²) in [6, 6.07) is 6.21. The van der Waals surface area contributed by atoms with Crippen LogP contribution < -0.4 is 14.8 Å². The fourth-order valence-corrected chi connectivity index (χ4v) is 2.76. The van der Waals surface area contributed by atoms with E-state index < -0.39 is 0 Å². The Labute approximate surface area is 126 Å². The third kappa shape index (κ3) is 4.51. The molecule has 0 radical (unpaired) electrons. The number of hydrogen-bond donors (Lipinski definition) is 2. The standard InChI is InChI=1S/C16H25NO4/c1-19-14-5-3-4-12(10-14)17-13-6-7-15(20-2)16(11-13)21-9-8-18/h6-7,11-12,14,17-18H,3-5,8-10H2,1-2H3. The van der Waals surface area contributed by atoms with Crippen molar-refractivity contribution in [1.29, 1.82) is 0 Å². The summed E-state index contributed by atoms with van der Waals surface area (Å²) in [6.45, 7) is 0.244. The van der Waals surface area contributed by atoms with Gasteiger partial charge in [-0.1, -0.05) is 0 Å². The zero-order valence-corrected chi connectivity index (χ0v) is 12.8. The van der Waals surface area contributed by atoms with Crippen LogP contribution in [0.15, 0.2) is 18.2 Å². The van der Waals surface area contributed by atoms with Crippen LogP contribution in [-0.4, -0.2) is 44.7 Å². The maximum Gasteiger partial charge on any atom is 0.163 e. The van der Waals surface area contributed by atoms with Crippen LogP contribution >= 0.6 is 0 Å². The fourth-order valence-electron chi connectivity index (χ4n) is 2.76. The van der Waals surface area contributed by atoms with Crippen LogP contribution in [0.5, 0.6) is 11.5 Å². The lowest BCUT2D eigenvalue weighted by Gasteiger charge is -2.29. The molecule has 1 aromatic rings. The molecule has 2 atom stereocenters. The number of aliphatic hydroxyl groups is 1. The lowest BCUT2D eigenvalue weighted by atomic mass is 9.92. The molecule has 1 aromatic carbocycles. The Hall–Kier alpha value is -1.46. The van der Waals surface area contributed by atoms with Gasteiger partial charge in [-0.2, -0.15) is 0 Å². The molecule has 5 nitrogen and oxygen atoms in total. The van der Waals surface area contributed by atoms with Crippen LogP contribution in [0.1, 0.15) is 25.7 Å². The second-order valence-corrected chi connectivity index (χ2v) is 5.30. The molecule has 0 aliphatic heterocycles. The maximum atomic E-state index is 8.88. The highest BCUT2D eigenvalue weighted by Crippen LogP contribution is 2.32. The fraction of sp³-hybridized carbons (Fsp3) is 0.625. The van der Waals surface area contributed by atoms with E-state index in [0.717, 1.165) is 24.9 Å². The van der Waals surface area contributed by atoms with E-state index in [4.69, 9.17) is 19.3 Å². The van der Waals surface area contributed by atoms with Crippen molar-refractivity contribution in [3.63, 3.8) is 0 Å². The molecule has 21 heavy (non-hydrogen) atoms. The van der Waals surface area contributed by atoms with Gasteiger partial charge in [-0.05, 0) is 37.8 Å². The highest BCUT2D eigenvalue weighted by molar-refractivity contribution is 5.55. The van der Waals surface area contributed by atoms with Gasteiger partial charge in [0.05, 0.1) is 19.8 Å². The summed E-state index contributed by atoms with van der Waals surface area (Å²) in [5, 5.41) is 12.4. The normalized spacial score (nSPS) is 21.9. The predicted molar refractivity (Wildman–Crippen MR) is 82.3 cm³/mol. The first-order chi connectivity index (χ1) is 10.3. The third-order valence-electron chi connectivity index (χ3n) is 3.84. The Morgan fingerprint density at radius 3 is 2.81 bits per heavy atom. The lowest BCUT2D eigenvalue weighted by molar-refractivity contribution is 0.0669. The van der Waals surface area contributed by atoms with Crippen LogP contribution in [0.25, 0.3) is 0 Å². The van der Waals surface area contributed by atoms with E-state index in [-0.39, 0.29) is 13.2 Å². The van der Waals surface area contributed by atoms with Gasteiger partial charge < -0.3 is 24.6 Å². The first-order valence-electron chi connectivity index (χ1n) is 7.48. The molecule has 1 aliphatic carbocycles. The van der Waals surface area contributed by atoms with Crippen LogP contribution in [0.4, 0.5) is 5.69 Å². The smallest absolute Gasteiger partial charge is 0.163 e. The minimum absolute atomic E-state index is 0.0149. The molecule has 0 aromatic heterocycles. The van der Waals surface area contributed by atoms with Crippen LogP contribution in [0.3, 0.4) is 0 Å². The molecule has 2 N–H and O–H groups in total. The average Bonchev–Trinajstić information content (AvgIpc) is 2.53. The van der Waals surface area contributed by atoms with Gasteiger partial charge in [-0.3, -0.25) is 0 Å². The van der Waals surface area contributed by atoms with E-state index in [1.54, 1.807) is 14.2 Å². The summed E-state index contributed by atoms with van der Waals surface area (Å²) in [6.07, 6.45) is 4.84. The van der Waals surface area contributed by atoms with Gasteiger partial charge >= 0.3 is 0 Å². The van der Waals surface area contributed by atoms with Gasteiger partial charge in [0, 0.05) is 24.9 Å². The number of benzene rings is 1. The Kier molecular flexibility index (Phi) is 6.14. The van der Waals surface area contributed by atoms with E-state index in [1.165, 1.54) is 6.42 Å². The summed E-state index contributed by atoms with van der Waals surface area (Å²) < 4.78 is 16.2. The molecule has 0 amide bonds. The van der Waals surface area contributed by atoms with E-state index in [2.05, 4.69) is 5.32 Å². The molecular weight excluding hydrogens is 270 g/mol. The molecule has 0 bridgehead atoms. The van der Waals surface area contributed by atoms with Gasteiger partial charge in [0.2, 0.25) is 0 Å². The quantitative estimate of drug-likeness (QED) is 0.809. The Bertz CT molecular complexity index is 438. The monoisotopic (exact) mass is 295 g/mol. The highest BCUT2D eigenvalue weighted by atomic mass is 16.5. The van der Waals surface area contributed by atoms with Crippen LogP contribution in [-0.2, 0) is 4.74 Å². The Morgan fingerprint density at radius 2 is 2.10 bits per heavy atom. The number of ether oxygens (including phenoxy) is 3. The molecule has 1 aliphatic rings. The van der Waals surface area contributed by atoms with E-state index in [1.807, 2.05) is 18.2 Å². The van der Waals surface area contributed by atoms with Gasteiger partial charge in [0.1, 0.15) is 6.61 Å². The molecule has 0 spiro atoms. The van der Waals surface area contributed by atoms with Crippen molar-refractivity contribution in [2.24, 2.45) is 0 Å². The third-order valence-corrected chi connectivity index (χ3v) is 3.84. The van der Waals surface area contributed by atoms with Gasteiger partial charge in [-0.25, -0.2) is 0 Å². The van der Waals surface area contributed by atoms with Crippen molar-refractivity contribution in [1.82, 2.24) is 0 Å². The summed E-state index contributed by atoms with van der Waals surface area (Å²) in [7, 11) is 3.39. The number of methoxy groups -OCH3 is 2.